The van der Waals surface area contributed by atoms with E-state index in [4.69, 9.17) is 11.6 Å². The topological polar surface area (TPSA) is 24.1 Å². The second kappa shape index (κ2) is 6.40. The van der Waals surface area contributed by atoms with Gasteiger partial charge in [0.1, 0.15) is 5.82 Å². The van der Waals surface area contributed by atoms with E-state index in [1.807, 2.05) is 23.9 Å². The van der Waals surface area contributed by atoms with Crippen LogP contribution in [-0.4, -0.2) is 11.5 Å². The van der Waals surface area contributed by atoms with Crippen LogP contribution in [0.3, 0.4) is 0 Å². The summed E-state index contributed by atoms with van der Waals surface area (Å²) < 4.78 is 0. The predicted molar refractivity (Wildman–Crippen MR) is 89.1 cm³/mol. The summed E-state index contributed by atoms with van der Waals surface area (Å²) in [5.41, 5.74) is 4.09. The van der Waals surface area contributed by atoms with E-state index in [-0.39, 0.29) is 0 Å². The lowest BCUT2D eigenvalue weighted by Crippen LogP contribution is -1.94. The SMILES string of the molecule is C=C1Nc2cc(Cl)c(C(=C)CSCCCC)cc2N1. The summed E-state index contributed by atoms with van der Waals surface area (Å²) >= 11 is 8.23. The highest BCUT2D eigenvalue weighted by Crippen LogP contribution is 2.37. The zero-order valence-corrected chi connectivity index (χ0v) is 12.8. The number of nitrogens with one attached hydrogen (secondary N) is 2. The summed E-state index contributed by atoms with van der Waals surface area (Å²) in [6.07, 6.45) is 2.48. The third kappa shape index (κ3) is 3.48. The van der Waals surface area contributed by atoms with Gasteiger partial charge >= 0.3 is 0 Å². The lowest BCUT2D eigenvalue weighted by atomic mass is 10.1. The summed E-state index contributed by atoms with van der Waals surface area (Å²) in [7, 11) is 0. The van der Waals surface area contributed by atoms with Crippen LogP contribution in [0.2, 0.25) is 5.02 Å². The Morgan fingerprint density at radius 3 is 2.68 bits per heavy atom. The number of hydrogen-bond donors (Lipinski definition) is 2. The molecule has 1 aliphatic rings. The largest absolute Gasteiger partial charge is 0.341 e. The highest BCUT2D eigenvalue weighted by atomic mass is 35.5. The maximum absolute atomic E-state index is 6.32. The van der Waals surface area contributed by atoms with Crippen LogP contribution >= 0.6 is 23.4 Å². The van der Waals surface area contributed by atoms with Crippen molar-refractivity contribution in [3.05, 3.63) is 41.7 Å². The molecule has 0 aromatic heterocycles. The van der Waals surface area contributed by atoms with E-state index in [0.29, 0.717) is 0 Å². The number of benzene rings is 1. The van der Waals surface area contributed by atoms with Crippen molar-refractivity contribution in [1.82, 2.24) is 0 Å². The van der Waals surface area contributed by atoms with Crippen LogP contribution in [0.1, 0.15) is 25.3 Å². The third-order valence-corrected chi connectivity index (χ3v) is 4.42. The molecule has 102 valence electrons. The van der Waals surface area contributed by atoms with Gasteiger partial charge in [-0.1, -0.05) is 38.1 Å². The molecular weight excluding hydrogens is 276 g/mol. The quantitative estimate of drug-likeness (QED) is 0.706. The molecule has 1 aromatic carbocycles. The number of thioether (sulfide) groups is 1. The number of unbranched alkanes of at least 4 members (excludes halogenated alkanes) is 1. The Bertz CT molecular complexity index is 511. The van der Waals surface area contributed by atoms with Crippen molar-refractivity contribution in [1.29, 1.82) is 0 Å². The van der Waals surface area contributed by atoms with Gasteiger partial charge < -0.3 is 10.6 Å². The highest BCUT2D eigenvalue weighted by Gasteiger charge is 2.16. The number of hydrogen-bond acceptors (Lipinski definition) is 3. The Morgan fingerprint density at radius 1 is 1.32 bits per heavy atom. The van der Waals surface area contributed by atoms with Gasteiger partial charge in [0.2, 0.25) is 0 Å². The second-order valence-corrected chi connectivity index (χ2v) is 6.13. The van der Waals surface area contributed by atoms with Gasteiger partial charge in [-0.25, -0.2) is 0 Å². The van der Waals surface area contributed by atoms with Gasteiger partial charge in [0.15, 0.2) is 0 Å². The molecule has 0 spiro atoms. The maximum atomic E-state index is 6.32. The molecule has 19 heavy (non-hydrogen) atoms. The minimum atomic E-state index is 0.740. The number of fused-ring (bicyclic) bond motifs is 1. The minimum absolute atomic E-state index is 0.740. The van der Waals surface area contributed by atoms with Crippen molar-refractivity contribution < 1.29 is 0 Å². The van der Waals surface area contributed by atoms with Gasteiger partial charge in [0.05, 0.1) is 16.4 Å². The average molecular weight is 295 g/mol. The van der Waals surface area contributed by atoms with Gasteiger partial charge in [-0.2, -0.15) is 11.8 Å². The van der Waals surface area contributed by atoms with E-state index >= 15 is 0 Å². The second-order valence-electron chi connectivity index (χ2n) is 4.62. The summed E-state index contributed by atoms with van der Waals surface area (Å²) in [5.74, 6) is 2.88. The van der Waals surface area contributed by atoms with E-state index in [1.54, 1.807) is 0 Å². The van der Waals surface area contributed by atoms with Gasteiger partial charge in [0.25, 0.3) is 0 Å². The molecule has 2 rings (SSSR count). The maximum Gasteiger partial charge on any atom is 0.100 e. The van der Waals surface area contributed by atoms with Crippen molar-refractivity contribution in [3.63, 3.8) is 0 Å². The zero-order valence-electron chi connectivity index (χ0n) is 11.2. The molecule has 0 radical (unpaired) electrons. The Kier molecular flexibility index (Phi) is 4.83. The molecule has 2 nitrogen and oxygen atoms in total. The van der Waals surface area contributed by atoms with Gasteiger partial charge in [-0.3, -0.25) is 0 Å². The summed E-state index contributed by atoms with van der Waals surface area (Å²) in [6.45, 7) is 10.2. The van der Waals surface area contributed by atoms with Crippen LogP contribution in [-0.2, 0) is 0 Å². The number of halogens is 1. The van der Waals surface area contributed by atoms with E-state index in [0.717, 1.165) is 39.1 Å². The summed E-state index contributed by atoms with van der Waals surface area (Å²) in [5, 5.41) is 7.06. The van der Waals surface area contributed by atoms with Crippen molar-refractivity contribution >= 4 is 40.3 Å². The number of anilines is 2. The lowest BCUT2D eigenvalue weighted by Gasteiger charge is -2.10. The molecule has 1 heterocycles. The van der Waals surface area contributed by atoms with Crippen molar-refractivity contribution in [3.8, 4) is 0 Å². The first kappa shape index (κ1) is 14.4. The fraction of sp³-hybridized carbons (Fsp3) is 0.333. The molecule has 0 atom stereocenters. The third-order valence-electron chi connectivity index (χ3n) is 2.98. The first-order valence-corrected chi connectivity index (χ1v) is 7.97. The smallest absolute Gasteiger partial charge is 0.100 e. The Labute approximate surface area is 124 Å². The molecule has 1 aromatic rings. The molecule has 1 aliphatic heterocycles. The van der Waals surface area contributed by atoms with Crippen molar-refractivity contribution in [2.45, 2.75) is 19.8 Å². The summed E-state index contributed by atoms with van der Waals surface area (Å²) in [6, 6.07) is 3.98. The van der Waals surface area contributed by atoms with E-state index < -0.39 is 0 Å². The van der Waals surface area contributed by atoms with Crippen molar-refractivity contribution in [2.75, 3.05) is 22.1 Å². The summed E-state index contributed by atoms with van der Waals surface area (Å²) in [4.78, 5) is 0. The molecule has 0 amide bonds. The molecule has 0 aliphatic carbocycles. The van der Waals surface area contributed by atoms with Crippen LogP contribution in [0.15, 0.2) is 31.1 Å². The standard InChI is InChI=1S/C15H19ClN2S/c1-4-5-6-19-9-10(2)12-7-14-15(8-13(12)16)18-11(3)17-14/h7-8,17-18H,2-6,9H2,1H3. The molecule has 0 fully saturated rings. The number of rotatable bonds is 6. The fourth-order valence-corrected chi connectivity index (χ4v) is 3.26. The van der Waals surface area contributed by atoms with Crippen LogP contribution < -0.4 is 10.6 Å². The first-order chi connectivity index (χ1) is 9.11. The lowest BCUT2D eigenvalue weighted by molar-refractivity contribution is 0.897. The molecular formula is C15H19ClN2S. The molecule has 0 saturated carbocycles. The van der Waals surface area contributed by atoms with Gasteiger partial charge in [-0.05, 0) is 35.4 Å². The molecule has 0 unspecified atom stereocenters. The zero-order chi connectivity index (χ0) is 13.8. The van der Waals surface area contributed by atoms with Crippen LogP contribution in [0.4, 0.5) is 11.4 Å². The Balaban J connectivity index is 2.06. The van der Waals surface area contributed by atoms with Gasteiger partial charge in [0, 0.05) is 5.75 Å². The Hall–Kier alpha value is -1.06. The molecule has 4 heteroatoms. The van der Waals surface area contributed by atoms with E-state index in [9.17, 15) is 0 Å². The molecule has 0 saturated heterocycles. The van der Waals surface area contributed by atoms with Crippen LogP contribution in [0.5, 0.6) is 0 Å². The van der Waals surface area contributed by atoms with E-state index in [1.165, 1.54) is 18.6 Å². The Morgan fingerprint density at radius 2 is 2.00 bits per heavy atom. The average Bonchev–Trinajstić information content (AvgIpc) is 2.72. The normalized spacial score (nSPS) is 12.8. The highest BCUT2D eigenvalue weighted by molar-refractivity contribution is 7.99. The van der Waals surface area contributed by atoms with Gasteiger partial charge in [-0.15, -0.1) is 0 Å². The minimum Gasteiger partial charge on any atom is -0.341 e. The van der Waals surface area contributed by atoms with Crippen LogP contribution in [0.25, 0.3) is 5.57 Å². The predicted octanol–water partition coefficient (Wildman–Crippen LogP) is 5.20. The van der Waals surface area contributed by atoms with Crippen LogP contribution in [0, 0.1) is 0 Å². The van der Waals surface area contributed by atoms with E-state index in [2.05, 4.69) is 30.7 Å². The molecule has 2 N–H and O–H groups in total. The van der Waals surface area contributed by atoms with Crippen molar-refractivity contribution in [2.24, 2.45) is 0 Å². The fourth-order valence-electron chi connectivity index (χ4n) is 1.93. The monoisotopic (exact) mass is 294 g/mol. The molecule has 0 bridgehead atoms. The first-order valence-electron chi connectivity index (χ1n) is 6.44.